The van der Waals surface area contributed by atoms with Gasteiger partial charge in [-0.3, -0.25) is 0 Å². The van der Waals surface area contributed by atoms with Crippen LogP contribution in [0.2, 0.25) is 0 Å². The molecule has 0 saturated heterocycles. The average Bonchev–Trinajstić information content (AvgIpc) is 2.51. The third-order valence-corrected chi connectivity index (χ3v) is 4.21. The lowest BCUT2D eigenvalue weighted by Crippen LogP contribution is -2.18. The summed E-state index contributed by atoms with van der Waals surface area (Å²) >= 11 is 1.57. The number of nitriles is 1. The topological polar surface area (TPSA) is 47.3 Å². The Labute approximate surface area is 129 Å². The van der Waals surface area contributed by atoms with Crippen LogP contribution in [0.25, 0.3) is 0 Å². The molecule has 0 aromatic heterocycles. The quantitative estimate of drug-likeness (QED) is 0.847. The SMILES string of the molecule is CCN(c1cc(O)ccc1C)c1cccc(SC)c1C#N. The molecule has 0 spiro atoms. The van der Waals surface area contributed by atoms with Gasteiger partial charge in [0.1, 0.15) is 11.8 Å². The van der Waals surface area contributed by atoms with Gasteiger partial charge in [0.25, 0.3) is 0 Å². The zero-order valence-corrected chi connectivity index (χ0v) is 13.2. The normalized spacial score (nSPS) is 10.2. The summed E-state index contributed by atoms with van der Waals surface area (Å²) in [4.78, 5) is 3.03. The standard InChI is InChI=1S/C17H18N2OS/c1-4-19(16-10-13(20)9-8-12(16)2)15-6-5-7-17(21-3)14(15)11-18/h5-10,20H,4H2,1-3H3. The highest BCUT2D eigenvalue weighted by molar-refractivity contribution is 7.98. The van der Waals surface area contributed by atoms with Crippen molar-refractivity contribution in [2.24, 2.45) is 0 Å². The van der Waals surface area contributed by atoms with Gasteiger partial charge < -0.3 is 10.0 Å². The van der Waals surface area contributed by atoms with Gasteiger partial charge in [-0.1, -0.05) is 12.1 Å². The molecular formula is C17H18N2OS. The summed E-state index contributed by atoms with van der Waals surface area (Å²) < 4.78 is 0. The van der Waals surface area contributed by atoms with Crippen LogP contribution in [0.5, 0.6) is 5.75 Å². The van der Waals surface area contributed by atoms with E-state index in [1.54, 1.807) is 23.9 Å². The van der Waals surface area contributed by atoms with E-state index in [9.17, 15) is 10.4 Å². The molecule has 21 heavy (non-hydrogen) atoms. The number of aryl methyl sites for hydroxylation is 1. The molecule has 1 N–H and O–H groups in total. The smallest absolute Gasteiger partial charge is 0.117 e. The monoisotopic (exact) mass is 298 g/mol. The zero-order chi connectivity index (χ0) is 15.4. The van der Waals surface area contributed by atoms with E-state index in [-0.39, 0.29) is 5.75 Å². The Hall–Kier alpha value is -2.12. The molecule has 2 aromatic rings. The Morgan fingerprint density at radius 3 is 2.62 bits per heavy atom. The van der Waals surface area contributed by atoms with Crippen LogP contribution in [-0.2, 0) is 0 Å². The first-order chi connectivity index (χ1) is 10.1. The van der Waals surface area contributed by atoms with E-state index in [4.69, 9.17) is 0 Å². The summed E-state index contributed by atoms with van der Waals surface area (Å²) in [5.41, 5.74) is 3.54. The Morgan fingerprint density at radius 1 is 1.24 bits per heavy atom. The van der Waals surface area contributed by atoms with Crippen molar-refractivity contribution in [3.05, 3.63) is 47.5 Å². The summed E-state index contributed by atoms with van der Waals surface area (Å²) in [6, 6.07) is 13.5. The van der Waals surface area contributed by atoms with Crippen LogP contribution < -0.4 is 4.90 Å². The number of hydrogen-bond acceptors (Lipinski definition) is 4. The molecule has 0 atom stereocenters. The molecule has 0 fully saturated rings. The largest absolute Gasteiger partial charge is 0.508 e. The summed E-state index contributed by atoms with van der Waals surface area (Å²) in [5, 5.41) is 19.3. The molecule has 0 aliphatic carbocycles. The molecule has 0 bridgehead atoms. The van der Waals surface area contributed by atoms with E-state index in [2.05, 4.69) is 11.0 Å². The highest BCUT2D eigenvalue weighted by Gasteiger charge is 2.16. The van der Waals surface area contributed by atoms with Gasteiger partial charge in [-0.2, -0.15) is 5.26 Å². The molecule has 0 unspecified atom stereocenters. The second kappa shape index (κ2) is 6.55. The van der Waals surface area contributed by atoms with Crippen LogP contribution in [0.4, 0.5) is 11.4 Å². The predicted molar refractivity (Wildman–Crippen MR) is 88.5 cm³/mol. The van der Waals surface area contributed by atoms with Crippen LogP contribution in [0, 0.1) is 18.3 Å². The Morgan fingerprint density at radius 2 is 2.00 bits per heavy atom. The molecular weight excluding hydrogens is 280 g/mol. The van der Waals surface area contributed by atoms with Crippen molar-refractivity contribution in [2.45, 2.75) is 18.7 Å². The molecule has 0 radical (unpaired) electrons. The van der Waals surface area contributed by atoms with E-state index in [1.807, 2.05) is 44.4 Å². The van der Waals surface area contributed by atoms with Gasteiger partial charge in [0, 0.05) is 23.2 Å². The Kier molecular flexibility index (Phi) is 4.77. The lowest BCUT2D eigenvalue weighted by molar-refractivity contribution is 0.475. The molecule has 0 aliphatic rings. The van der Waals surface area contributed by atoms with Crippen molar-refractivity contribution in [3.63, 3.8) is 0 Å². The number of thioether (sulfide) groups is 1. The first-order valence-corrected chi connectivity index (χ1v) is 7.99. The van der Waals surface area contributed by atoms with Gasteiger partial charge in [0.15, 0.2) is 0 Å². The van der Waals surface area contributed by atoms with Gasteiger partial charge in [0.05, 0.1) is 11.3 Å². The summed E-state index contributed by atoms with van der Waals surface area (Å²) in [7, 11) is 0. The molecule has 3 nitrogen and oxygen atoms in total. The van der Waals surface area contributed by atoms with Gasteiger partial charge >= 0.3 is 0 Å². The van der Waals surface area contributed by atoms with E-state index in [0.717, 1.165) is 28.4 Å². The van der Waals surface area contributed by atoms with E-state index in [0.29, 0.717) is 5.56 Å². The van der Waals surface area contributed by atoms with Crippen molar-refractivity contribution >= 4 is 23.1 Å². The van der Waals surface area contributed by atoms with Crippen molar-refractivity contribution in [1.82, 2.24) is 0 Å². The number of aromatic hydroxyl groups is 1. The second-order valence-corrected chi connectivity index (χ2v) is 5.53. The van der Waals surface area contributed by atoms with Crippen molar-refractivity contribution < 1.29 is 5.11 Å². The molecule has 0 aliphatic heterocycles. The maximum atomic E-state index is 9.76. The minimum atomic E-state index is 0.230. The maximum absolute atomic E-state index is 9.76. The van der Waals surface area contributed by atoms with E-state index >= 15 is 0 Å². The number of phenolic OH excluding ortho intramolecular Hbond substituents is 1. The fourth-order valence-corrected chi connectivity index (χ4v) is 2.95. The molecule has 108 valence electrons. The highest BCUT2D eigenvalue weighted by Crippen LogP contribution is 2.35. The molecule has 2 aromatic carbocycles. The van der Waals surface area contributed by atoms with Crippen molar-refractivity contribution in [3.8, 4) is 11.8 Å². The molecule has 0 heterocycles. The van der Waals surface area contributed by atoms with Crippen molar-refractivity contribution in [1.29, 1.82) is 5.26 Å². The average molecular weight is 298 g/mol. The highest BCUT2D eigenvalue weighted by atomic mass is 32.2. The number of benzene rings is 2. The first kappa shape index (κ1) is 15.3. The first-order valence-electron chi connectivity index (χ1n) is 6.76. The minimum Gasteiger partial charge on any atom is -0.508 e. The van der Waals surface area contributed by atoms with Gasteiger partial charge in [-0.05, 0) is 43.9 Å². The number of hydrogen-bond donors (Lipinski definition) is 1. The molecule has 0 saturated carbocycles. The van der Waals surface area contributed by atoms with E-state index < -0.39 is 0 Å². The van der Waals surface area contributed by atoms with Crippen LogP contribution >= 0.6 is 11.8 Å². The minimum absolute atomic E-state index is 0.230. The third kappa shape index (κ3) is 2.98. The number of rotatable bonds is 4. The summed E-state index contributed by atoms with van der Waals surface area (Å²) in [5.74, 6) is 0.230. The lowest BCUT2D eigenvalue weighted by atomic mass is 10.1. The number of nitrogens with zero attached hydrogens (tertiary/aromatic N) is 2. The molecule has 2 rings (SSSR count). The van der Waals surface area contributed by atoms with Gasteiger partial charge in [-0.15, -0.1) is 11.8 Å². The summed E-state index contributed by atoms with van der Waals surface area (Å²) in [6.45, 7) is 4.76. The molecule has 0 amide bonds. The van der Waals surface area contributed by atoms with Crippen molar-refractivity contribution in [2.75, 3.05) is 17.7 Å². The van der Waals surface area contributed by atoms with Crippen LogP contribution in [0.1, 0.15) is 18.1 Å². The van der Waals surface area contributed by atoms with E-state index in [1.165, 1.54) is 0 Å². The number of anilines is 2. The molecule has 4 heteroatoms. The fraction of sp³-hybridized carbons (Fsp3) is 0.235. The Bertz CT molecular complexity index is 692. The predicted octanol–water partition coefficient (Wildman–Crippen LogP) is 4.45. The number of phenols is 1. The maximum Gasteiger partial charge on any atom is 0.117 e. The van der Waals surface area contributed by atoms with Gasteiger partial charge in [-0.25, -0.2) is 0 Å². The van der Waals surface area contributed by atoms with Crippen LogP contribution in [-0.4, -0.2) is 17.9 Å². The fourth-order valence-electron chi connectivity index (χ4n) is 2.39. The summed E-state index contributed by atoms with van der Waals surface area (Å²) in [6.07, 6.45) is 1.97. The zero-order valence-electron chi connectivity index (χ0n) is 12.4. The Balaban J connectivity index is 2.62. The third-order valence-electron chi connectivity index (χ3n) is 3.43. The lowest BCUT2D eigenvalue weighted by Gasteiger charge is -2.26. The van der Waals surface area contributed by atoms with Crippen LogP contribution in [0.3, 0.4) is 0 Å². The van der Waals surface area contributed by atoms with Crippen LogP contribution in [0.15, 0.2) is 41.3 Å². The second-order valence-electron chi connectivity index (χ2n) is 4.68. The van der Waals surface area contributed by atoms with Gasteiger partial charge in [0.2, 0.25) is 0 Å².